The summed E-state index contributed by atoms with van der Waals surface area (Å²) < 4.78 is 0. The highest BCUT2D eigenvalue weighted by molar-refractivity contribution is 5.95. The Hall–Kier alpha value is -1.77. The molecule has 0 spiro atoms. The quantitative estimate of drug-likeness (QED) is 0.635. The molecule has 2 aliphatic heterocycles. The van der Waals surface area contributed by atoms with E-state index >= 15 is 0 Å². The van der Waals surface area contributed by atoms with Crippen molar-refractivity contribution in [2.75, 3.05) is 6.54 Å². The normalized spacial score (nSPS) is 19.2. The number of allylic oxidation sites excluding steroid dienone is 3. The molecule has 0 atom stereocenters. The Kier molecular flexibility index (Phi) is 1.77. The molecule has 2 heterocycles. The molecule has 13 heavy (non-hydrogen) atoms. The summed E-state index contributed by atoms with van der Waals surface area (Å²) in [4.78, 5) is 12.9. The van der Waals surface area contributed by atoms with Crippen molar-refractivity contribution >= 4 is 5.91 Å². The van der Waals surface area contributed by atoms with Gasteiger partial charge in [0.05, 0.1) is 0 Å². The first-order chi connectivity index (χ1) is 6.27. The average Bonchev–Trinajstić information content (AvgIpc) is 2.17. The Morgan fingerprint density at radius 2 is 2.38 bits per heavy atom. The van der Waals surface area contributed by atoms with E-state index in [0.717, 1.165) is 12.2 Å². The molecule has 0 bridgehead atoms. The summed E-state index contributed by atoms with van der Waals surface area (Å²) in [6.45, 7) is 0.852. The third-order valence-corrected chi connectivity index (χ3v) is 2.06. The van der Waals surface area contributed by atoms with Crippen LogP contribution in [0.3, 0.4) is 0 Å². The molecular weight excluding hydrogens is 164 g/mol. The summed E-state index contributed by atoms with van der Waals surface area (Å²) >= 11 is 0. The minimum atomic E-state index is -0.383. The van der Waals surface area contributed by atoms with Gasteiger partial charge in [-0.3, -0.25) is 4.79 Å². The van der Waals surface area contributed by atoms with E-state index in [1.807, 2.05) is 23.3 Å². The topological polar surface area (TPSA) is 46.3 Å². The molecule has 3 nitrogen and oxygen atoms in total. The Balaban J connectivity index is 2.34. The highest BCUT2D eigenvalue weighted by atomic mass is 16.1. The second-order valence-electron chi connectivity index (χ2n) is 2.95. The van der Waals surface area contributed by atoms with Crippen LogP contribution in [-0.2, 0) is 4.79 Å². The molecule has 0 unspecified atom stereocenters. The fourth-order valence-corrected chi connectivity index (χ4v) is 1.35. The van der Waals surface area contributed by atoms with Gasteiger partial charge in [-0.15, -0.1) is 0 Å². The molecule has 2 N–H and O–H groups in total. The van der Waals surface area contributed by atoms with E-state index < -0.39 is 0 Å². The van der Waals surface area contributed by atoms with Gasteiger partial charge in [-0.05, 0) is 18.2 Å². The fraction of sp³-hybridized carbons (Fsp3) is 0.100. The van der Waals surface area contributed by atoms with Crippen molar-refractivity contribution in [3.63, 3.8) is 0 Å². The molecule has 0 aromatic rings. The van der Waals surface area contributed by atoms with Gasteiger partial charge in [0.15, 0.2) is 0 Å². The zero-order valence-corrected chi connectivity index (χ0v) is 7.10. The fourth-order valence-electron chi connectivity index (χ4n) is 1.35. The summed E-state index contributed by atoms with van der Waals surface area (Å²) in [6.07, 6.45) is 11.4. The number of carbonyl (C=O) groups excluding carboxylic acids is 1. The van der Waals surface area contributed by atoms with E-state index in [1.54, 1.807) is 12.2 Å². The van der Waals surface area contributed by atoms with E-state index in [0.29, 0.717) is 5.57 Å². The molecule has 0 saturated carbocycles. The lowest BCUT2D eigenvalue weighted by atomic mass is 10.1. The number of hydrogen-bond donors (Lipinski definition) is 1. The van der Waals surface area contributed by atoms with Gasteiger partial charge in [-0.2, -0.15) is 0 Å². The van der Waals surface area contributed by atoms with Gasteiger partial charge >= 0.3 is 0 Å². The average molecular weight is 174 g/mol. The molecule has 0 aromatic carbocycles. The smallest absolute Gasteiger partial charge is 0.248 e. The molecule has 0 aliphatic carbocycles. The van der Waals surface area contributed by atoms with E-state index in [4.69, 9.17) is 5.73 Å². The van der Waals surface area contributed by atoms with Gasteiger partial charge in [-0.1, -0.05) is 12.2 Å². The van der Waals surface area contributed by atoms with Gasteiger partial charge < -0.3 is 10.6 Å². The number of nitrogens with two attached hydrogens (primary N) is 1. The summed E-state index contributed by atoms with van der Waals surface area (Å²) in [6, 6.07) is 0. The highest BCUT2D eigenvalue weighted by Crippen LogP contribution is 2.19. The van der Waals surface area contributed by atoms with Crippen LogP contribution >= 0.6 is 0 Å². The second-order valence-corrected chi connectivity index (χ2v) is 2.95. The second kappa shape index (κ2) is 2.94. The predicted octanol–water partition coefficient (Wildman–Crippen LogP) is 0.681. The number of amides is 1. The van der Waals surface area contributed by atoms with Crippen molar-refractivity contribution in [1.82, 2.24) is 4.90 Å². The molecule has 66 valence electrons. The summed E-state index contributed by atoms with van der Waals surface area (Å²) in [5, 5.41) is 0. The zero-order valence-electron chi connectivity index (χ0n) is 7.10. The van der Waals surface area contributed by atoms with Gasteiger partial charge in [-0.25, -0.2) is 0 Å². The van der Waals surface area contributed by atoms with Crippen molar-refractivity contribution < 1.29 is 4.79 Å². The van der Waals surface area contributed by atoms with Crippen molar-refractivity contribution in [2.45, 2.75) is 0 Å². The lowest BCUT2D eigenvalue weighted by Crippen LogP contribution is -2.23. The molecule has 0 fully saturated rings. The van der Waals surface area contributed by atoms with Crippen LogP contribution in [0.1, 0.15) is 0 Å². The van der Waals surface area contributed by atoms with Crippen LogP contribution in [-0.4, -0.2) is 17.4 Å². The zero-order chi connectivity index (χ0) is 9.26. The van der Waals surface area contributed by atoms with Gasteiger partial charge in [0.2, 0.25) is 5.91 Å². The van der Waals surface area contributed by atoms with E-state index in [1.165, 1.54) is 0 Å². The minimum Gasteiger partial charge on any atom is -0.366 e. The summed E-state index contributed by atoms with van der Waals surface area (Å²) in [7, 11) is 0. The largest absolute Gasteiger partial charge is 0.366 e. The third kappa shape index (κ3) is 1.40. The van der Waals surface area contributed by atoms with Gasteiger partial charge in [0.25, 0.3) is 0 Å². The SMILES string of the molecule is NC(=O)C1=CC2=CC=CCN2C=C1. The minimum absolute atomic E-state index is 0.383. The first-order valence-corrected chi connectivity index (χ1v) is 4.10. The summed E-state index contributed by atoms with van der Waals surface area (Å²) in [5.41, 5.74) is 6.73. The van der Waals surface area contributed by atoms with Crippen LogP contribution in [0, 0.1) is 0 Å². The van der Waals surface area contributed by atoms with Crippen LogP contribution in [0.15, 0.2) is 47.9 Å². The molecular formula is C10H10N2O. The van der Waals surface area contributed by atoms with Crippen molar-refractivity contribution in [2.24, 2.45) is 5.73 Å². The first kappa shape index (κ1) is 7.86. The molecule has 1 amide bonds. The van der Waals surface area contributed by atoms with Gasteiger partial charge in [0.1, 0.15) is 0 Å². The van der Waals surface area contributed by atoms with Crippen molar-refractivity contribution in [1.29, 1.82) is 0 Å². The highest BCUT2D eigenvalue weighted by Gasteiger charge is 2.13. The Labute approximate surface area is 76.5 Å². The number of rotatable bonds is 1. The third-order valence-electron chi connectivity index (χ3n) is 2.06. The molecule has 0 aromatic heterocycles. The lowest BCUT2D eigenvalue weighted by Gasteiger charge is -2.25. The number of primary amides is 1. The van der Waals surface area contributed by atoms with Gasteiger partial charge in [0, 0.05) is 24.0 Å². The maximum absolute atomic E-state index is 10.9. The van der Waals surface area contributed by atoms with Crippen LogP contribution < -0.4 is 5.73 Å². The molecule has 3 heteroatoms. The number of nitrogens with zero attached hydrogens (tertiary/aromatic N) is 1. The van der Waals surface area contributed by atoms with Crippen LogP contribution in [0.5, 0.6) is 0 Å². The molecule has 0 saturated heterocycles. The van der Waals surface area contributed by atoms with Crippen molar-refractivity contribution in [3.8, 4) is 0 Å². The maximum atomic E-state index is 10.9. The summed E-state index contributed by atoms with van der Waals surface area (Å²) in [5.74, 6) is -0.383. The molecule has 0 radical (unpaired) electrons. The van der Waals surface area contributed by atoms with E-state index in [-0.39, 0.29) is 5.91 Å². The van der Waals surface area contributed by atoms with Crippen LogP contribution in [0.4, 0.5) is 0 Å². The number of hydrogen-bond acceptors (Lipinski definition) is 2. The first-order valence-electron chi connectivity index (χ1n) is 4.10. The predicted molar refractivity (Wildman–Crippen MR) is 50.3 cm³/mol. The van der Waals surface area contributed by atoms with Crippen LogP contribution in [0.25, 0.3) is 0 Å². The molecule has 2 aliphatic rings. The molecule has 2 rings (SSSR count). The van der Waals surface area contributed by atoms with Crippen molar-refractivity contribution in [3.05, 3.63) is 47.9 Å². The Morgan fingerprint density at radius 3 is 3.15 bits per heavy atom. The Bertz CT molecular complexity index is 361. The van der Waals surface area contributed by atoms with E-state index in [2.05, 4.69) is 6.08 Å². The standard InChI is InChI=1S/C10H10N2O/c11-10(13)8-4-6-12-5-2-1-3-9(12)7-8/h1-4,6-7H,5H2,(H2,11,13). The van der Waals surface area contributed by atoms with Crippen LogP contribution in [0.2, 0.25) is 0 Å². The van der Waals surface area contributed by atoms with E-state index in [9.17, 15) is 4.79 Å². The Morgan fingerprint density at radius 1 is 1.54 bits per heavy atom. The number of fused-ring (bicyclic) bond motifs is 1. The monoisotopic (exact) mass is 174 g/mol. The number of carbonyl (C=O) groups is 1. The lowest BCUT2D eigenvalue weighted by molar-refractivity contribution is -0.114. The maximum Gasteiger partial charge on any atom is 0.248 e.